The molecule has 0 aromatic rings. The maximum absolute atomic E-state index is 14.9. The van der Waals surface area contributed by atoms with Gasteiger partial charge in [0.1, 0.15) is 12.6 Å². The van der Waals surface area contributed by atoms with E-state index in [2.05, 4.69) is 63.7 Å². The normalized spacial score (nSPS) is 31.6. The standard InChI is InChI=1S/C30H47BrN2O5S/c1-10-13-32(29(8,9)17-28(5,6)7)26(36)24-30-15-19(31)23(39-30)21(27(37)38-14-11-2)22(30)25(35)33(24)20(16-34)18(4)12-3/h10-11,18-24,34H,1-2,12-17H2,3-9H3/t18-,19?,20-,21-,22-,23-,24?,30?/m0/s1. The van der Waals surface area contributed by atoms with E-state index < -0.39 is 40.2 Å². The summed E-state index contributed by atoms with van der Waals surface area (Å²) >= 11 is 5.38. The summed E-state index contributed by atoms with van der Waals surface area (Å²) in [6, 6.07) is -1.35. The second-order valence-electron chi connectivity index (χ2n) is 13.3. The van der Waals surface area contributed by atoms with Crippen LogP contribution in [0.4, 0.5) is 0 Å². The summed E-state index contributed by atoms with van der Waals surface area (Å²) in [4.78, 5) is 46.1. The number of fused-ring (bicyclic) bond motifs is 1. The number of aliphatic hydroxyl groups is 1. The zero-order chi connectivity index (χ0) is 29.5. The molecular formula is C30H47BrN2O5S. The highest BCUT2D eigenvalue weighted by molar-refractivity contribution is 9.09. The van der Waals surface area contributed by atoms with Crippen molar-refractivity contribution in [2.75, 3.05) is 19.8 Å². The van der Waals surface area contributed by atoms with E-state index in [1.807, 2.05) is 18.7 Å². The Labute approximate surface area is 247 Å². The molecule has 8 atom stereocenters. The molecule has 7 nitrogen and oxygen atoms in total. The minimum atomic E-state index is -0.812. The first-order valence-corrected chi connectivity index (χ1v) is 15.9. The third kappa shape index (κ3) is 5.74. The molecule has 0 aliphatic carbocycles. The summed E-state index contributed by atoms with van der Waals surface area (Å²) in [5, 5.41) is 10.4. The quantitative estimate of drug-likeness (QED) is 0.190. The fourth-order valence-corrected chi connectivity index (χ4v) is 10.9. The third-order valence-corrected chi connectivity index (χ3v) is 11.9. The molecular weight excluding hydrogens is 580 g/mol. The first kappa shape index (κ1) is 32.2. The van der Waals surface area contributed by atoms with Gasteiger partial charge in [0.05, 0.1) is 29.2 Å². The van der Waals surface area contributed by atoms with Gasteiger partial charge in [-0.3, -0.25) is 14.4 Å². The van der Waals surface area contributed by atoms with Gasteiger partial charge < -0.3 is 19.6 Å². The van der Waals surface area contributed by atoms with Crippen LogP contribution in [0.2, 0.25) is 0 Å². The maximum atomic E-state index is 14.9. The molecule has 3 aliphatic heterocycles. The minimum absolute atomic E-state index is 0.0342. The number of likely N-dealkylation sites (tertiary alicyclic amines) is 1. The van der Waals surface area contributed by atoms with Gasteiger partial charge >= 0.3 is 5.97 Å². The Balaban J connectivity index is 2.18. The van der Waals surface area contributed by atoms with Crippen molar-refractivity contribution >= 4 is 45.5 Å². The average Bonchev–Trinajstić information content (AvgIpc) is 3.43. The maximum Gasteiger partial charge on any atom is 0.311 e. The lowest BCUT2D eigenvalue weighted by Gasteiger charge is -2.47. The summed E-state index contributed by atoms with van der Waals surface area (Å²) in [5.41, 5.74) is -0.559. The molecule has 3 aliphatic rings. The van der Waals surface area contributed by atoms with Crippen molar-refractivity contribution in [3.8, 4) is 0 Å². The van der Waals surface area contributed by atoms with Crippen molar-refractivity contribution < 1.29 is 24.2 Å². The molecule has 2 bridgehead atoms. The molecule has 9 heteroatoms. The fourth-order valence-electron chi connectivity index (χ4n) is 7.33. The summed E-state index contributed by atoms with van der Waals surface area (Å²) in [6.45, 7) is 22.3. The van der Waals surface area contributed by atoms with E-state index in [0.717, 1.165) is 12.8 Å². The Bertz CT molecular complexity index is 981. The SMILES string of the molecule is C=CCOC(=O)[C@H]1[C@H]2C(=O)N([C@@H](CO)[C@@H](C)CC)C(C(=O)N(CC=C)C(C)(C)CC(C)(C)C)C23CC(Br)[C@@H]1S3. The fraction of sp³-hybridized carbons (Fsp3) is 0.767. The summed E-state index contributed by atoms with van der Waals surface area (Å²) in [7, 11) is 0. The van der Waals surface area contributed by atoms with Crippen molar-refractivity contribution in [1.29, 1.82) is 0 Å². The number of halogens is 1. The Morgan fingerprint density at radius 3 is 2.44 bits per heavy atom. The number of nitrogens with zero attached hydrogens (tertiary/aromatic N) is 2. The number of carbonyl (C=O) groups is 3. The molecule has 39 heavy (non-hydrogen) atoms. The molecule has 3 saturated heterocycles. The monoisotopic (exact) mass is 626 g/mol. The number of thioether (sulfide) groups is 1. The Morgan fingerprint density at radius 1 is 1.28 bits per heavy atom. The first-order valence-electron chi connectivity index (χ1n) is 14.1. The van der Waals surface area contributed by atoms with Crippen molar-refractivity contribution in [3.05, 3.63) is 25.3 Å². The zero-order valence-electron chi connectivity index (χ0n) is 24.6. The highest BCUT2D eigenvalue weighted by atomic mass is 79.9. The van der Waals surface area contributed by atoms with Gasteiger partial charge in [-0.1, -0.05) is 75.7 Å². The molecule has 0 saturated carbocycles. The van der Waals surface area contributed by atoms with E-state index in [9.17, 15) is 19.5 Å². The number of esters is 1. The van der Waals surface area contributed by atoms with Crippen molar-refractivity contribution in [3.63, 3.8) is 0 Å². The van der Waals surface area contributed by atoms with Crippen LogP contribution >= 0.6 is 27.7 Å². The minimum Gasteiger partial charge on any atom is -0.461 e. The van der Waals surface area contributed by atoms with Crippen LogP contribution in [-0.2, 0) is 19.1 Å². The van der Waals surface area contributed by atoms with Crippen LogP contribution < -0.4 is 0 Å². The summed E-state index contributed by atoms with van der Waals surface area (Å²) in [5.74, 6) is -2.20. The largest absolute Gasteiger partial charge is 0.461 e. The van der Waals surface area contributed by atoms with Crippen molar-refractivity contribution in [2.24, 2.45) is 23.2 Å². The lowest BCUT2D eigenvalue weighted by molar-refractivity contribution is -0.154. The molecule has 2 amide bonds. The molecule has 0 aromatic heterocycles. The van der Waals surface area contributed by atoms with Crippen LogP contribution in [0.15, 0.2) is 25.3 Å². The number of ether oxygens (including phenoxy) is 1. The van der Waals surface area contributed by atoms with Gasteiger partial charge in [0, 0.05) is 22.2 Å². The average molecular weight is 628 g/mol. The lowest BCUT2D eigenvalue weighted by atomic mass is 9.70. The second-order valence-corrected chi connectivity index (χ2v) is 16.0. The third-order valence-electron chi connectivity index (χ3n) is 8.69. The zero-order valence-corrected chi connectivity index (χ0v) is 27.0. The number of aliphatic hydroxyl groups excluding tert-OH is 1. The summed E-state index contributed by atoms with van der Waals surface area (Å²) in [6.07, 6.45) is 5.32. The Morgan fingerprint density at radius 2 is 1.92 bits per heavy atom. The highest BCUT2D eigenvalue weighted by Gasteiger charge is 2.77. The van der Waals surface area contributed by atoms with Crippen LogP contribution in [-0.4, -0.2) is 84.9 Å². The summed E-state index contributed by atoms with van der Waals surface area (Å²) < 4.78 is 4.69. The van der Waals surface area contributed by atoms with Crippen LogP contribution in [0.1, 0.15) is 67.7 Å². The van der Waals surface area contributed by atoms with E-state index in [1.165, 1.54) is 6.08 Å². The van der Waals surface area contributed by atoms with Crippen LogP contribution in [0.5, 0.6) is 0 Å². The molecule has 1 spiro atoms. The van der Waals surface area contributed by atoms with Gasteiger partial charge in [0.15, 0.2) is 0 Å². The molecule has 3 rings (SSSR count). The van der Waals surface area contributed by atoms with E-state index in [0.29, 0.717) is 13.0 Å². The molecule has 1 N–H and O–H groups in total. The van der Waals surface area contributed by atoms with E-state index in [1.54, 1.807) is 22.7 Å². The smallest absolute Gasteiger partial charge is 0.311 e. The van der Waals surface area contributed by atoms with E-state index in [-0.39, 0.29) is 46.4 Å². The van der Waals surface area contributed by atoms with Crippen molar-refractivity contribution in [2.45, 2.75) is 100 Å². The number of rotatable bonds is 12. The van der Waals surface area contributed by atoms with Gasteiger partial charge in [0.25, 0.3) is 0 Å². The predicted octanol–water partition coefficient (Wildman–Crippen LogP) is 4.82. The van der Waals surface area contributed by atoms with Gasteiger partial charge in [-0.15, -0.1) is 18.3 Å². The number of hydrogen-bond donors (Lipinski definition) is 1. The molecule has 3 heterocycles. The second kappa shape index (κ2) is 11.9. The highest BCUT2D eigenvalue weighted by Crippen LogP contribution is 2.68. The number of alkyl halides is 1. The van der Waals surface area contributed by atoms with E-state index >= 15 is 0 Å². The number of carbonyl (C=O) groups excluding carboxylic acids is 3. The molecule has 0 radical (unpaired) electrons. The van der Waals surface area contributed by atoms with Gasteiger partial charge in [-0.05, 0) is 38.0 Å². The van der Waals surface area contributed by atoms with Crippen LogP contribution in [0, 0.1) is 23.2 Å². The molecule has 0 aromatic carbocycles. The molecule has 3 fully saturated rings. The Hall–Kier alpha value is -1.32. The van der Waals surface area contributed by atoms with Crippen LogP contribution in [0.25, 0.3) is 0 Å². The predicted molar refractivity (Wildman–Crippen MR) is 161 cm³/mol. The number of hydrogen-bond acceptors (Lipinski definition) is 6. The molecule has 3 unspecified atom stereocenters. The first-order chi connectivity index (χ1) is 18.1. The van der Waals surface area contributed by atoms with Crippen molar-refractivity contribution in [1.82, 2.24) is 9.80 Å². The van der Waals surface area contributed by atoms with Gasteiger partial charge in [-0.25, -0.2) is 0 Å². The van der Waals surface area contributed by atoms with Gasteiger partial charge in [0.2, 0.25) is 11.8 Å². The van der Waals surface area contributed by atoms with Gasteiger partial charge in [-0.2, -0.15) is 0 Å². The number of amides is 2. The molecule has 220 valence electrons. The topological polar surface area (TPSA) is 87.1 Å². The van der Waals surface area contributed by atoms with E-state index in [4.69, 9.17) is 4.74 Å². The van der Waals surface area contributed by atoms with Crippen LogP contribution in [0.3, 0.4) is 0 Å². The Kier molecular flexibility index (Phi) is 9.81. The lowest BCUT2D eigenvalue weighted by Crippen LogP contribution is -2.62.